The third-order valence-corrected chi connectivity index (χ3v) is 3.19. The summed E-state index contributed by atoms with van der Waals surface area (Å²) in [7, 11) is 0. The second-order valence-electron chi connectivity index (χ2n) is 4.49. The van der Waals surface area contributed by atoms with E-state index in [0.29, 0.717) is 0 Å². The quantitative estimate of drug-likeness (QED) is 0.577. The van der Waals surface area contributed by atoms with Gasteiger partial charge in [0.2, 0.25) is 0 Å². The van der Waals surface area contributed by atoms with Gasteiger partial charge in [-0.25, -0.2) is 4.79 Å². The Morgan fingerprint density at radius 1 is 1.17 bits per heavy atom. The Morgan fingerprint density at radius 3 is 2.33 bits per heavy atom. The largest absolute Gasteiger partial charge is 0.417 e. The number of benzene rings is 2. The average Bonchev–Trinajstić information content (AvgIpc) is 2.46. The molecule has 126 valence electrons. The van der Waals surface area contributed by atoms with Gasteiger partial charge >= 0.3 is 12.3 Å². The molecule has 0 spiro atoms. The average molecular weight is 405 g/mol. The molecule has 0 fully saturated rings. The van der Waals surface area contributed by atoms with E-state index in [-0.39, 0.29) is 21.6 Å². The van der Waals surface area contributed by atoms with Crippen LogP contribution in [0.1, 0.15) is 5.56 Å². The van der Waals surface area contributed by atoms with Crippen LogP contribution in [0.15, 0.2) is 46.9 Å². The van der Waals surface area contributed by atoms with Crippen LogP contribution in [0.4, 0.5) is 29.3 Å². The van der Waals surface area contributed by atoms with Crippen molar-refractivity contribution < 1.29 is 27.6 Å². The topological polar surface area (TPSA) is 81.5 Å². The van der Waals surface area contributed by atoms with E-state index in [9.17, 15) is 28.1 Å². The second-order valence-corrected chi connectivity index (χ2v) is 5.41. The second kappa shape index (κ2) is 6.87. The van der Waals surface area contributed by atoms with Gasteiger partial charge in [0, 0.05) is 22.3 Å². The number of non-ortho nitro benzene ring substituents is 1. The molecule has 0 atom stereocenters. The number of nitrogens with zero attached hydrogens (tertiary/aromatic N) is 1. The Kier molecular flexibility index (Phi) is 5.07. The van der Waals surface area contributed by atoms with Gasteiger partial charge < -0.3 is 4.74 Å². The molecule has 2 rings (SSSR count). The molecule has 0 aliphatic rings. The Morgan fingerprint density at radius 2 is 1.79 bits per heavy atom. The maximum atomic E-state index is 12.7. The van der Waals surface area contributed by atoms with Crippen LogP contribution in [-0.4, -0.2) is 11.0 Å². The summed E-state index contributed by atoms with van der Waals surface area (Å²) in [5.74, 6) is 0.00383. The van der Waals surface area contributed by atoms with Gasteiger partial charge in [-0.1, -0.05) is 15.9 Å². The van der Waals surface area contributed by atoms with Crippen LogP contribution in [0.25, 0.3) is 0 Å². The lowest BCUT2D eigenvalue weighted by Crippen LogP contribution is -2.17. The summed E-state index contributed by atoms with van der Waals surface area (Å²) in [4.78, 5) is 21.6. The number of anilines is 1. The predicted molar refractivity (Wildman–Crippen MR) is 81.9 cm³/mol. The van der Waals surface area contributed by atoms with Gasteiger partial charge in [0.15, 0.2) is 0 Å². The minimum atomic E-state index is -4.57. The molecule has 0 radical (unpaired) electrons. The molecule has 6 nitrogen and oxygen atoms in total. The van der Waals surface area contributed by atoms with Crippen molar-refractivity contribution >= 4 is 33.4 Å². The number of carbonyl (C=O) groups is 1. The molecule has 2 aromatic carbocycles. The molecule has 0 aromatic heterocycles. The first-order valence-electron chi connectivity index (χ1n) is 6.26. The van der Waals surface area contributed by atoms with E-state index in [1.807, 2.05) is 0 Å². The minimum Gasteiger partial charge on any atom is -0.410 e. The van der Waals surface area contributed by atoms with Crippen LogP contribution in [0, 0.1) is 10.1 Å². The Balaban J connectivity index is 2.09. The third-order valence-electron chi connectivity index (χ3n) is 2.73. The summed E-state index contributed by atoms with van der Waals surface area (Å²) in [5.41, 5.74) is -1.25. The highest BCUT2D eigenvalue weighted by Crippen LogP contribution is 2.33. The van der Waals surface area contributed by atoms with Crippen LogP contribution < -0.4 is 10.1 Å². The van der Waals surface area contributed by atoms with Crippen molar-refractivity contribution in [2.75, 3.05) is 5.32 Å². The van der Waals surface area contributed by atoms with E-state index in [1.54, 1.807) is 0 Å². The number of rotatable bonds is 3. The molecule has 0 heterocycles. The van der Waals surface area contributed by atoms with E-state index < -0.39 is 22.8 Å². The zero-order valence-corrected chi connectivity index (χ0v) is 13.2. The molecule has 0 bridgehead atoms. The van der Waals surface area contributed by atoms with E-state index in [0.717, 1.165) is 24.3 Å². The third kappa shape index (κ3) is 4.69. The van der Waals surface area contributed by atoms with Crippen molar-refractivity contribution in [2.24, 2.45) is 0 Å². The fraction of sp³-hybridized carbons (Fsp3) is 0.0714. The Bertz CT molecular complexity index is 779. The van der Waals surface area contributed by atoms with Gasteiger partial charge in [-0.15, -0.1) is 0 Å². The van der Waals surface area contributed by atoms with Crippen molar-refractivity contribution in [3.63, 3.8) is 0 Å². The number of ether oxygens (including phenoxy) is 1. The summed E-state index contributed by atoms with van der Waals surface area (Å²) in [6.45, 7) is 0. The Labute approximate surface area is 141 Å². The summed E-state index contributed by atoms with van der Waals surface area (Å²) >= 11 is 2.93. The normalized spacial score (nSPS) is 11.0. The van der Waals surface area contributed by atoms with Crippen LogP contribution in [0.3, 0.4) is 0 Å². The Hall–Kier alpha value is -2.62. The number of alkyl halides is 3. The van der Waals surface area contributed by atoms with Crippen LogP contribution in [0.5, 0.6) is 5.75 Å². The monoisotopic (exact) mass is 404 g/mol. The van der Waals surface area contributed by atoms with Crippen LogP contribution in [0.2, 0.25) is 0 Å². The maximum Gasteiger partial charge on any atom is 0.417 e. The van der Waals surface area contributed by atoms with Gasteiger partial charge in [-0.2, -0.15) is 13.2 Å². The molecule has 0 saturated carbocycles. The summed E-state index contributed by atoms with van der Waals surface area (Å²) in [6, 6.07) is 7.54. The molecule has 10 heteroatoms. The van der Waals surface area contributed by atoms with Crippen molar-refractivity contribution in [1.82, 2.24) is 0 Å². The fourth-order valence-electron chi connectivity index (χ4n) is 1.71. The number of hydrogen-bond donors (Lipinski definition) is 1. The van der Waals surface area contributed by atoms with Gasteiger partial charge in [-0.05, 0) is 30.3 Å². The van der Waals surface area contributed by atoms with Gasteiger partial charge in [0.1, 0.15) is 5.75 Å². The smallest absolute Gasteiger partial charge is 0.410 e. The summed E-state index contributed by atoms with van der Waals surface area (Å²) < 4.78 is 43.1. The number of hydrogen-bond acceptors (Lipinski definition) is 4. The first-order chi connectivity index (χ1) is 11.1. The number of nitrogens with one attached hydrogen (secondary N) is 1. The lowest BCUT2D eigenvalue weighted by atomic mass is 10.2. The molecule has 1 N–H and O–H groups in total. The summed E-state index contributed by atoms with van der Waals surface area (Å²) in [6.07, 6.45) is -5.60. The first-order valence-corrected chi connectivity index (χ1v) is 7.05. The van der Waals surface area contributed by atoms with E-state index in [2.05, 4.69) is 21.2 Å². The van der Waals surface area contributed by atoms with Crippen LogP contribution >= 0.6 is 15.9 Å². The number of nitro benzene ring substituents is 1. The van der Waals surface area contributed by atoms with Crippen molar-refractivity contribution in [1.29, 1.82) is 0 Å². The lowest BCUT2D eigenvalue weighted by Gasteiger charge is -2.11. The van der Waals surface area contributed by atoms with Crippen molar-refractivity contribution in [3.8, 4) is 5.75 Å². The number of carbonyl (C=O) groups excluding carboxylic acids is 1. The molecular weight excluding hydrogens is 397 g/mol. The SMILES string of the molecule is O=C(Nc1cc(Br)cc(C(F)(F)F)c1)Oc1ccc([N+](=O)[O-])cc1. The molecule has 0 aliphatic heterocycles. The molecule has 0 saturated heterocycles. The van der Waals surface area contributed by atoms with Gasteiger partial charge in [0.25, 0.3) is 5.69 Å². The molecular formula is C14H8BrF3N2O4. The maximum absolute atomic E-state index is 12.7. The van der Waals surface area contributed by atoms with Gasteiger partial charge in [0.05, 0.1) is 10.5 Å². The first kappa shape index (κ1) is 17.7. The molecule has 1 amide bonds. The highest BCUT2D eigenvalue weighted by Gasteiger charge is 2.31. The molecule has 24 heavy (non-hydrogen) atoms. The van der Waals surface area contributed by atoms with Crippen LogP contribution in [-0.2, 0) is 6.18 Å². The highest BCUT2D eigenvalue weighted by molar-refractivity contribution is 9.10. The predicted octanol–water partition coefficient (Wildman–Crippen LogP) is 4.99. The van der Waals surface area contributed by atoms with E-state index >= 15 is 0 Å². The van der Waals surface area contributed by atoms with Crippen molar-refractivity contribution in [3.05, 3.63) is 62.6 Å². The van der Waals surface area contributed by atoms with Crippen molar-refractivity contribution in [2.45, 2.75) is 6.18 Å². The molecule has 2 aromatic rings. The number of halogens is 4. The number of amides is 1. The standard InChI is InChI=1S/C14H8BrF3N2O4/c15-9-5-8(14(16,17)18)6-10(7-9)19-13(21)24-12-3-1-11(2-4-12)20(22)23/h1-7H,(H,19,21). The number of nitro groups is 1. The van der Waals surface area contributed by atoms with Gasteiger partial charge in [-0.3, -0.25) is 15.4 Å². The minimum absolute atomic E-state index is 0.00383. The fourth-order valence-corrected chi connectivity index (χ4v) is 2.21. The molecule has 0 unspecified atom stereocenters. The summed E-state index contributed by atoms with van der Waals surface area (Å²) in [5, 5.41) is 12.7. The lowest BCUT2D eigenvalue weighted by molar-refractivity contribution is -0.384. The van der Waals surface area contributed by atoms with E-state index in [4.69, 9.17) is 4.74 Å². The molecule has 0 aliphatic carbocycles. The zero-order valence-electron chi connectivity index (χ0n) is 11.6. The van der Waals surface area contributed by atoms with E-state index in [1.165, 1.54) is 18.2 Å². The zero-order chi connectivity index (χ0) is 17.9. The highest BCUT2D eigenvalue weighted by atomic mass is 79.9.